The van der Waals surface area contributed by atoms with E-state index in [4.69, 9.17) is 0 Å². The molecule has 2 fully saturated rings. The lowest BCUT2D eigenvalue weighted by Gasteiger charge is -2.47. The zero-order chi connectivity index (χ0) is 15.1. The van der Waals surface area contributed by atoms with Crippen molar-refractivity contribution in [2.24, 2.45) is 5.92 Å². The predicted octanol–water partition coefficient (Wildman–Crippen LogP) is 4.75. The molecule has 2 heteroatoms. The molecule has 1 saturated heterocycles. The lowest BCUT2D eigenvalue weighted by Crippen LogP contribution is -2.57. The van der Waals surface area contributed by atoms with E-state index in [1.807, 2.05) is 0 Å². The fraction of sp³-hybridized carbons (Fsp3) is 1.00. The van der Waals surface area contributed by atoms with Gasteiger partial charge >= 0.3 is 0 Å². The molecule has 0 spiro atoms. The van der Waals surface area contributed by atoms with Crippen LogP contribution in [-0.2, 0) is 0 Å². The molecule has 0 aromatic heterocycles. The second kappa shape index (κ2) is 8.53. The summed E-state index contributed by atoms with van der Waals surface area (Å²) in [4.78, 5) is 2.68. The second-order valence-corrected chi connectivity index (χ2v) is 7.53. The normalized spacial score (nSPS) is 25.9. The zero-order valence-electron chi connectivity index (χ0n) is 14.4. The Morgan fingerprint density at radius 3 is 2.24 bits per heavy atom. The van der Waals surface area contributed by atoms with Gasteiger partial charge in [-0.05, 0) is 51.1 Å². The van der Waals surface area contributed by atoms with E-state index in [2.05, 4.69) is 18.7 Å². The number of aliphatic hydroxyl groups is 1. The fourth-order valence-electron chi connectivity index (χ4n) is 4.70. The van der Waals surface area contributed by atoms with Gasteiger partial charge in [0.25, 0.3) is 0 Å². The Hall–Kier alpha value is -0.0800. The molecule has 1 heterocycles. The van der Waals surface area contributed by atoms with Gasteiger partial charge in [0.15, 0.2) is 0 Å². The Balaban J connectivity index is 1.99. The van der Waals surface area contributed by atoms with Crippen LogP contribution in [0.1, 0.15) is 90.9 Å². The largest absolute Gasteiger partial charge is 0.391 e. The molecule has 2 unspecified atom stereocenters. The van der Waals surface area contributed by atoms with Gasteiger partial charge in [-0.3, -0.25) is 4.90 Å². The molecule has 0 aromatic rings. The van der Waals surface area contributed by atoms with Crippen molar-refractivity contribution in [1.29, 1.82) is 0 Å². The maximum Gasteiger partial charge on any atom is 0.0726 e. The third-order valence-electron chi connectivity index (χ3n) is 6.18. The van der Waals surface area contributed by atoms with Crippen molar-refractivity contribution < 1.29 is 5.11 Å². The van der Waals surface area contributed by atoms with Crippen LogP contribution in [0.3, 0.4) is 0 Å². The van der Waals surface area contributed by atoms with Gasteiger partial charge in [0, 0.05) is 5.54 Å². The summed E-state index contributed by atoms with van der Waals surface area (Å²) in [7, 11) is 0. The predicted molar refractivity (Wildman–Crippen MR) is 90.6 cm³/mol. The summed E-state index contributed by atoms with van der Waals surface area (Å²) in [6.45, 7) is 7.02. The molecule has 2 nitrogen and oxygen atoms in total. The minimum absolute atomic E-state index is 0.0973. The lowest BCUT2D eigenvalue weighted by molar-refractivity contribution is -0.0496. The van der Waals surface area contributed by atoms with Crippen molar-refractivity contribution in [2.75, 3.05) is 13.1 Å². The molecule has 0 bridgehead atoms. The summed E-state index contributed by atoms with van der Waals surface area (Å²) in [5.74, 6) is 0.724. The fourth-order valence-corrected chi connectivity index (χ4v) is 4.70. The molecule has 1 aliphatic carbocycles. The van der Waals surface area contributed by atoms with Crippen LogP contribution in [0, 0.1) is 5.92 Å². The monoisotopic (exact) mass is 295 g/mol. The van der Waals surface area contributed by atoms with Crippen LogP contribution in [0.2, 0.25) is 0 Å². The van der Waals surface area contributed by atoms with Crippen molar-refractivity contribution in [2.45, 2.75) is 103 Å². The number of aliphatic hydroxyl groups excluding tert-OH is 1. The standard InChI is InChI=1S/C19H37NO/c1-3-5-11-17(4-2)16-18(21)19(12-7-8-13-19)20-14-9-6-10-15-20/h17-18,21H,3-16H2,1-2H3. The molecular weight excluding hydrogens is 258 g/mol. The van der Waals surface area contributed by atoms with E-state index >= 15 is 0 Å². The maximum atomic E-state index is 11.1. The molecule has 0 aromatic carbocycles. The van der Waals surface area contributed by atoms with Crippen LogP contribution in [-0.4, -0.2) is 34.7 Å². The van der Waals surface area contributed by atoms with Gasteiger partial charge in [0.1, 0.15) is 0 Å². The van der Waals surface area contributed by atoms with Crippen molar-refractivity contribution >= 4 is 0 Å². The molecule has 2 rings (SSSR count). The van der Waals surface area contributed by atoms with E-state index in [0.29, 0.717) is 0 Å². The highest BCUT2D eigenvalue weighted by molar-refractivity contribution is 5.01. The van der Waals surface area contributed by atoms with Crippen molar-refractivity contribution in [3.05, 3.63) is 0 Å². The number of piperidine rings is 1. The van der Waals surface area contributed by atoms with E-state index in [1.165, 1.54) is 83.7 Å². The highest BCUT2D eigenvalue weighted by atomic mass is 16.3. The average Bonchev–Trinajstić information content (AvgIpc) is 3.03. The van der Waals surface area contributed by atoms with Crippen molar-refractivity contribution in [3.8, 4) is 0 Å². The van der Waals surface area contributed by atoms with Crippen LogP contribution in [0.25, 0.3) is 0 Å². The molecule has 2 atom stereocenters. The smallest absolute Gasteiger partial charge is 0.0726 e. The first kappa shape index (κ1) is 17.3. The molecule has 2 aliphatic rings. The first-order chi connectivity index (χ1) is 10.2. The summed E-state index contributed by atoms with van der Waals surface area (Å²) in [5.41, 5.74) is 0.139. The molecule has 1 saturated carbocycles. The first-order valence-corrected chi connectivity index (χ1v) is 9.66. The molecular formula is C19H37NO. The van der Waals surface area contributed by atoms with Crippen molar-refractivity contribution in [1.82, 2.24) is 4.90 Å². The Kier molecular flexibility index (Phi) is 7.01. The lowest BCUT2D eigenvalue weighted by atomic mass is 9.80. The zero-order valence-corrected chi connectivity index (χ0v) is 14.4. The van der Waals surface area contributed by atoms with Gasteiger partial charge in [-0.1, -0.05) is 58.8 Å². The molecule has 21 heavy (non-hydrogen) atoms. The van der Waals surface area contributed by atoms with Crippen molar-refractivity contribution in [3.63, 3.8) is 0 Å². The van der Waals surface area contributed by atoms with Gasteiger partial charge in [-0.25, -0.2) is 0 Å². The van der Waals surface area contributed by atoms with Gasteiger partial charge in [-0.15, -0.1) is 0 Å². The Labute approximate surface area is 132 Å². The van der Waals surface area contributed by atoms with E-state index in [1.54, 1.807) is 0 Å². The van der Waals surface area contributed by atoms with Crippen LogP contribution >= 0.6 is 0 Å². The van der Waals surface area contributed by atoms with E-state index in [9.17, 15) is 5.11 Å². The number of rotatable bonds is 8. The minimum Gasteiger partial charge on any atom is -0.391 e. The highest BCUT2D eigenvalue weighted by Crippen LogP contribution is 2.42. The third kappa shape index (κ3) is 4.22. The summed E-state index contributed by atoms with van der Waals surface area (Å²) < 4.78 is 0. The van der Waals surface area contributed by atoms with E-state index in [0.717, 1.165) is 12.3 Å². The van der Waals surface area contributed by atoms with E-state index in [-0.39, 0.29) is 11.6 Å². The number of hydrogen-bond donors (Lipinski definition) is 1. The number of likely N-dealkylation sites (tertiary alicyclic amines) is 1. The summed E-state index contributed by atoms with van der Waals surface area (Å²) >= 11 is 0. The Morgan fingerprint density at radius 1 is 1.00 bits per heavy atom. The third-order valence-corrected chi connectivity index (χ3v) is 6.18. The van der Waals surface area contributed by atoms with Crippen LogP contribution in [0.5, 0.6) is 0 Å². The number of hydrogen-bond acceptors (Lipinski definition) is 2. The Morgan fingerprint density at radius 2 is 1.67 bits per heavy atom. The van der Waals surface area contributed by atoms with Gasteiger partial charge < -0.3 is 5.11 Å². The summed E-state index contributed by atoms with van der Waals surface area (Å²) in [6, 6.07) is 0. The molecule has 0 amide bonds. The molecule has 124 valence electrons. The molecule has 1 aliphatic heterocycles. The minimum atomic E-state index is -0.0973. The van der Waals surface area contributed by atoms with Gasteiger partial charge in [-0.2, -0.15) is 0 Å². The highest BCUT2D eigenvalue weighted by Gasteiger charge is 2.45. The quantitative estimate of drug-likeness (QED) is 0.698. The number of nitrogens with zero attached hydrogens (tertiary/aromatic N) is 1. The van der Waals surface area contributed by atoms with Crippen LogP contribution in [0.4, 0.5) is 0 Å². The average molecular weight is 296 g/mol. The SMILES string of the molecule is CCCCC(CC)CC(O)C1(N2CCCCC2)CCCC1. The second-order valence-electron chi connectivity index (χ2n) is 7.53. The van der Waals surface area contributed by atoms with E-state index < -0.39 is 0 Å². The number of unbranched alkanes of at least 4 members (excludes halogenated alkanes) is 1. The van der Waals surface area contributed by atoms with Gasteiger partial charge in [0.2, 0.25) is 0 Å². The Bertz CT molecular complexity index is 279. The topological polar surface area (TPSA) is 23.5 Å². The van der Waals surface area contributed by atoms with Crippen LogP contribution < -0.4 is 0 Å². The van der Waals surface area contributed by atoms with Gasteiger partial charge in [0.05, 0.1) is 6.10 Å². The molecule has 1 N–H and O–H groups in total. The first-order valence-electron chi connectivity index (χ1n) is 9.66. The summed E-state index contributed by atoms with van der Waals surface area (Å²) in [6.07, 6.45) is 15.2. The van der Waals surface area contributed by atoms with Crippen LogP contribution in [0.15, 0.2) is 0 Å². The maximum absolute atomic E-state index is 11.1. The summed E-state index contributed by atoms with van der Waals surface area (Å²) in [5, 5.41) is 11.1. The molecule has 0 radical (unpaired) electrons.